The molecule has 7 heteroatoms. The summed E-state index contributed by atoms with van der Waals surface area (Å²) in [5.74, 6) is -0.657. The van der Waals surface area contributed by atoms with Crippen molar-refractivity contribution in [2.75, 3.05) is 6.54 Å². The lowest BCUT2D eigenvalue weighted by Crippen LogP contribution is -2.43. The SMILES string of the molecule is O=NNC(=O)C1CCCN1C(=O)O. The van der Waals surface area contributed by atoms with E-state index in [0.29, 0.717) is 19.4 Å². The van der Waals surface area contributed by atoms with E-state index in [2.05, 4.69) is 5.29 Å². The molecule has 1 rings (SSSR count). The van der Waals surface area contributed by atoms with Crippen LogP contribution in [0.4, 0.5) is 4.79 Å². The van der Waals surface area contributed by atoms with Crippen molar-refractivity contribution in [3.8, 4) is 0 Å². The maximum absolute atomic E-state index is 11.1. The quantitative estimate of drug-likeness (QED) is 0.466. The van der Waals surface area contributed by atoms with Crippen molar-refractivity contribution in [1.82, 2.24) is 10.3 Å². The van der Waals surface area contributed by atoms with Crippen molar-refractivity contribution in [3.05, 3.63) is 4.91 Å². The zero-order valence-electron chi connectivity index (χ0n) is 6.77. The lowest BCUT2D eigenvalue weighted by atomic mass is 10.2. The van der Waals surface area contributed by atoms with Crippen molar-refractivity contribution in [3.63, 3.8) is 0 Å². The average molecular weight is 187 g/mol. The Hall–Kier alpha value is -1.66. The number of carbonyl (C=O) groups excluding carboxylic acids is 1. The molecule has 1 aliphatic rings. The van der Waals surface area contributed by atoms with Crippen LogP contribution >= 0.6 is 0 Å². The van der Waals surface area contributed by atoms with Crippen LogP contribution in [0.5, 0.6) is 0 Å². The molecule has 1 saturated heterocycles. The van der Waals surface area contributed by atoms with Gasteiger partial charge in [0.05, 0.1) is 5.29 Å². The molecule has 1 fully saturated rings. The summed E-state index contributed by atoms with van der Waals surface area (Å²) in [5.41, 5.74) is 1.70. The minimum absolute atomic E-state index is 0.326. The van der Waals surface area contributed by atoms with Gasteiger partial charge in [-0.25, -0.2) is 10.2 Å². The number of nitroso groups, excluding NO2 is 1. The zero-order chi connectivity index (χ0) is 9.84. The van der Waals surface area contributed by atoms with Gasteiger partial charge in [-0.15, -0.1) is 4.91 Å². The molecule has 0 radical (unpaired) electrons. The first kappa shape index (κ1) is 9.43. The molecular weight excluding hydrogens is 178 g/mol. The minimum Gasteiger partial charge on any atom is -0.465 e. The highest BCUT2D eigenvalue weighted by Gasteiger charge is 2.34. The second-order valence-corrected chi connectivity index (χ2v) is 2.70. The van der Waals surface area contributed by atoms with Gasteiger partial charge in [-0.3, -0.25) is 9.69 Å². The predicted molar refractivity (Wildman–Crippen MR) is 41.7 cm³/mol. The van der Waals surface area contributed by atoms with Gasteiger partial charge >= 0.3 is 6.09 Å². The first-order valence-corrected chi connectivity index (χ1v) is 3.78. The third kappa shape index (κ3) is 1.92. The van der Waals surface area contributed by atoms with E-state index in [0.717, 1.165) is 4.90 Å². The Labute approximate surface area is 73.6 Å². The lowest BCUT2D eigenvalue weighted by Gasteiger charge is -2.18. The molecule has 0 saturated carbocycles. The van der Waals surface area contributed by atoms with E-state index in [4.69, 9.17) is 5.11 Å². The van der Waals surface area contributed by atoms with Gasteiger partial charge in [-0.05, 0) is 12.8 Å². The average Bonchev–Trinajstić information content (AvgIpc) is 2.52. The third-order valence-electron chi connectivity index (χ3n) is 1.96. The molecule has 7 nitrogen and oxygen atoms in total. The van der Waals surface area contributed by atoms with Gasteiger partial charge < -0.3 is 5.11 Å². The summed E-state index contributed by atoms with van der Waals surface area (Å²) in [5, 5.41) is 10.8. The molecule has 0 aromatic carbocycles. The van der Waals surface area contributed by atoms with Crippen LogP contribution in [0.25, 0.3) is 0 Å². The second-order valence-electron chi connectivity index (χ2n) is 2.70. The first-order valence-electron chi connectivity index (χ1n) is 3.78. The normalized spacial score (nSPS) is 21.2. The molecule has 0 aromatic heterocycles. The van der Waals surface area contributed by atoms with Crippen molar-refractivity contribution in [1.29, 1.82) is 0 Å². The maximum Gasteiger partial charge on any atom is 0.407 e. The fourth-order valence-corrected chi connectivity index (χ4v) is 1.39. The topological polar surface area (TPSA) is 99.1 Å². The summed E-state index contributed by atoms with van der Waals surface area (Å²) in [6, 6.07) is -0.768. The Morgan fingerprint density at radius 2 is 2.23 bits per heavy atom. The number of rotatable bonds is 2. The summed E-state index contributed by atoms with van der Waals surface area (Å²) < 4.78 is 0. The molecule has 2 amide bonds. The van der Waals surface area contributed by atoms with Crippen molar-refractivity contribution in [2.45, 2.75) is 18.9 Å². The van der Waals surface area contributed by atoms with E-state index < -0.39 is 18.0 Å². The molecule has 1 aliphatic heterocycles. The van der Waals surface area contributed by atoms with E-state index in [1.807, 2.05) is 0 Å². The van der Waals surface area contributed by atoms with Gasteiger partial charge in [0.1, 0.15) is 6.04 Å². The largest absolute Gasteiger partial charge is 0.465 e. The summed E-state index contributed by atoms with van der Waals surface area (Å²) in [6.45, 7) is 0.326. The molecule has 1 heterocycles. The number of hydrogen-bond donors (Lipinski definition) is 2. The Morgan fingerprint density at radius 3 is 2.77 bits per heavy atom. The van der Waals surface area contributed by atoms with E-state index in [1.165, 1.54) is 0 Å². The van der Waals surface area contributed by atoms with Gasteiger partial charge in [-0.2, -0.15) is 0 Å². The molecule has 0 bridgehead atoms. The van der Waals surface area contributed by atoms with Crippen LogP contribution in [0.1, 0.15) is 12.8 Å². The van der Waals surface area contributed by atoms with E-state index in [9.17, 15) is 14.5 Å². The van der Waals surface area contributed by atoms with Crippen LogP contribution in [0, 0.1) is 4.91 Å². The monoisotopic (exact) mass is 187 g/mol. The number of likely N-dealkylation sites (tertiary alicyclic amines) is 1. The highest BCUT2D eigenvalue weighted by atomic mass is 16.4. The van der Waals surface area contributed by atoms with Crippen LogP contribution in [0.3, 0.4) is 0 Å². The molecule has 72 valence electrons. The first-order chi connectivity index (χ1) is 6.16. The van der Waals surface area contributed by atoms with Gasteiger partial charge in [0.2, 0.25) is 0 Å². The maximum atomic E-state index is 11.1. The molecule has 13 heavy (non-hydrogen) atoms. The molecule has 0 spiro atoms. The Kier molecular flexibility index (Phi) is 2.78. The third-order valence-corrected chi connectivity index (χ3v) is 1.96. The Bertz CT molecular complexity index is 242. The Balaban J connectivity index is 2.62. The number of hydrogen-bond acceptors (Lipinski definition) is 4. The predicted octanol–water partition coefficient (Wildman–Crippen LogP) is -0.0736. The van der Waals surface area contributed by atoms with Gasteiger partial charge in [0, 0.05) is 6.54 Å². The highest BCUT2D eigenvalue weighted by molar-refractivity contribution is 5.85. The van der Waals surface area contributed by atoms with Crippen LogP contribution in [0.2, 0.25) is 0 Å². The molecule has 1 atom stereocenters. The highest BCUT2D eigenvalue weighted by Crippen LogP contribution is 2.16. The van der Waals surface area contributed by atoms with Crippen LogP contribution < -0.4 is 5.43 Å². The van der Waals surface area contributed by atoms with Crippen molar-refractivity contribution >= 4 is 12.0 Å². The number of nitrogens with one attached hydrogen (secondary N) is 1. The summed E-state index contributed by atoms with van der Waals surface area (Å²) in [6.07, 6.45) is -0.0831. The summed E-state index contributed by atoms with van der Waals surface area (Å²) in [7, 11) is 0. The lowest BCUT2D eigenvalue weighted by molar-refractivity contribution is -0.125. The molecular formula is C6H9N3O4. The van der Waals surface area contributed by atoms with Crippen LogP contribution in [-0.2, 0) is 4.79 Å². The van der Waals surface area contributed by atoms with E-state index >= 15 is 0 Å². The number of carboxylic acid groups (broad SMARTS) is 1. The smallest absolute Gasteiger partial charge is 0.407 e. The Morgan fingerprint density at radius 1 is 1.54 bits per heavy atom. The van der Waals surface area contributed by atoms with E-state index in [-0.39, 0.29) is 0 Å². The van der Waals surface area contributed by atoms with Gasteiger partial charge in [-0.1, -0.05) is 0 Å². The number of amides is 2. The molecule has 0 aliphatic carbocycles. The van der Waals surface area contributed by atoms with Crippen molar-refractivity contribution < 1.29 is 14.7 Å². The van der Waals surface area contributed by atoms with E-state index in [1.54, 1.807) is 5.43 Å². The zero-order valence-corrected chi connectivity index (χ0v) is 6.77. The van der Waals surface area contributed by atoms with Gasteiger partial charge in [0.15, 0.2) is 0 Å². The van der Waals surface area contributed by atoms with Crippen LogP contribution in [0.15, 0.2) is 5.29 Å². The van der Waals surface area contributed by atoms with Crippen LogP contribution in [-0.4, -0.2) is 34.6 Å². The minimum atomic E-state index is -1.15. The van der Waals surface area contributed by atoms with Crippen molar-refractivity contribution in [2.24, 2.45) is 5.29 Å². The number of nitrogens with zero attached hydrogens (tertiary/aromatic N) is 2. The number of carbonyl (C=O) groups is 2. The summed E-state index contributed by atoms with van der Waals surface area (Å²) >= 11 is 0. The molecule has 0 aromatic rings. The summed E-state index contributed by atoms with van der Waals surface area (Å²) in [4.78, 5) is 32.3. The molecule has 1 unspecified atom stereocenters. The van der Waals surface area contributed by atoms with Gasteiger partial charge in [0.25, 0.3) is 5.91 Å². The standard InChI is InChI=1S/C6H9N3O4/c10-5(7-8-13)4-2-1-3-9(4)6(11)12/h4H,1-3H2,(H,11,12)(H,7,10,13). The fraction of sp³-hybridized carbons (Fsp3) is 0.667. The molecule has 2 N–H and O–H groups in total. The second kappa shape index (κ2) is 3.83. The fourth-order valence-electron chi connectivity index (χ4n) is 1.39.